The first-order chi connectivity index (χ1) is 25.8. The second kappa shape index (κ2) is 24.7. The van der Waals surface area contributed by atoms with Gasteiger partial charge in [-0.05, 0) is 67.3 Å². The van der Waals surface area contributed by atoms with Gasteiger partial charge in [-0.25, -0.2) is 4.79 Å². The molecule has 3 aromatic carbocycles. The predicted octanol–water partition coefficient (Wildman–Crippen LogP) is 5.96. The van der Waals surface area contributed by atoms with Crippen LogP contribution in [0, 0.1) is 5.92 Å². The summed E-state index contributed by atoms with van der Waals surface area (Å²) in [5.74, 6) is -1.18. The van der Waals surface area contributed by atoms with Crippen LogP contribution in [-0.4, -0.2) is 60.8 Å². The van der Waals surface area contributed by atoms with Crippen LogP contribution in [0.3, 0.4) is 0 Å². The SMILES string of the molecule is C=CCCC(=O)OC[C@H](CCCCNC(=O)OCc1ccccc1)NC(=O)[C@H](CC=C)CC(=O)N[C@H](CO)Cc1ccc(OCc2ccccc2)cc1. The van der Waals surface area contributed by atoms with Crippen molar-refractivity contribution in [2.45, 2.75) is 76.7 Å². The van der Waals surface area contributed by atoms with Crippen LogP contribution < -0.4 is 20.7 Å². The molecule has 11 heteroatoms. The third-order valence-corrected chi connectivity index (χ3v) is 8.30. The van der Waals surface area contributed by atoms with Crippen LogP contribution in [-0.2, 0) is 43.5 Å². The Morgan fingerprint density at radius 1 is 0.755 bits per heavy atom. The number of unbranched alkanes of at least 4 members (excludes halogenated alkanes) is 1. The van der Waals surface area contributed by atoms with Gasteiger partial charge < -0.3 is 35.3 Å². The van der Waals surface area contributed by atoms with E-state index < -0.39 is 30.1 Å². The number of benzene rings is 3. The molecular weight excluding hydrogens is 674 g/mol. The number of alkyl carbamates (subject to hydrolysis) is 1. The number of carbonyl (C=O) groups is 4. The lowest BCUT2D eigenvalue weighted by atomic mass is 9.98. The molecule has 0 aromatic heterocycles. The Morgan fingerprint density at radius 3 is 2.08 bits per heavy atom. The molecule has 0 heterocycles. The van der Waals surface area contributed by atoms with Crippen molar-refractivity contribution in [2.75, 3.05) is 19.8 Å². The lowest BCUT2D eigenvalue weighted by Gasteiger charge is -2.23. The number of rotatable bonds is 25. The van der Waals surface area contributed by atoms with E-state index in [0.717, 1.165) is 16.7 Å². The minimum Gasteiger partial charge on any atom is -0.489 e. The maximum Gasteiger partial charge on any atom is 0.407 e. The minimum atomic E-state index is -0.729. The smallest absolute Gasteiger partial charge is 0.407 e. The summed E-state index contributed by atoms with van der Waals surface area (Å²) in [6.07, 6.45) is 5.52. The van der Waals surface area contributed by atoms with Crippen molar-refractivity contribution in [3.63, 3.8) is 0 Å². The van der Waals surface area contributed by atoms with Gasteiger partial charge in [0.05, 0.1) is 24.6 Å². The zero-order chi connectivity index (χ0) is 38.1. The zero-order valence-corrected chi connectivity index (χ0v) is 30.4. The Bertz CT molecular complexity index is 1550. The van der Waals surface area contributed by atoms with E-state index in [1.807, 2.05) is 84.9 Å². The van der Waals surface area contributed by atoms with Crippen LogP contribution in [0.1, 0.15) is 61.6 Å². The third-order valence-electron chi connectivity index (χ3n) is 8.30. The largest absolute Gasteiger partial charge is 0.489 e. The molecule has 0 aliphatic rings. The molecule has 0 bridgehead atoms. The van der Waals surface area contributed by atoms with Gasteiger partial charge >= 0.3 is 12.1 Å². The molecule has 0 saturated heterocycles. The van der Waals surface area contributed by atoms with Gasteiger partial charge in [-0.3, -0.25) is 14.4 Å². The number of hydrogen-bond donors (Lipinski definition) is 4. The van der Waals surface area contributed by atoms with Crippen molar-refractivity contribution in [1.82, 2.24) is 16.0 Å². The summed E-state index contributed by atoms with van der Waals surface area (Å²) >= 11 is 0. The molecule has 0 aliphatic carbocycles. The fourth-order valence-electron chi connectivity index (χ4n) is 5.39. The highest BCUT2D eigenvalue weighted by Gasteiger charge is 2.25. The van der Waals surface area contributed by atoms with Crippen LogP contribution in [0.15, 0.2) is 110 Å². The summed E-state index contributed by atoms with van der Waals surface area (Å²) in [5.41, 5.74) is 2.85. The Hall–Kier alpha value is -5.42. The Kier molecular flexibility index (Phi) is 19.6. The number of ether oxygens (including phenoxy) is 3. The standard InChI is InChI=1S/C42H53N3O8/c1-3-5-20-40(48)52-31-36(19-12-13-25-43-42(50)53-30-34-17-10-7-11-18-34)45-41(49)35(14-4-2)27-39(47)44-37(28-46)26-32-21-23-38(24-22-32)51-29-33-15-8-6-9-16-33/h3-4,6-11,15-18,21-24,35-37,46H,1-2,5,12-14,19-20,25-31H2,(H,43,50)(H,44,47)(H,45,49)/t35-,36+,37+/m1/s1. The van der Waals surface area contributed by atoms with Crippen molar-refractivity contribution in [1.29, 1.82) is 0 Å². The molecule has 0 unspecified atom stereocenters. The highest BCUT2D eigenvalue weighted by atomic mass is 16.5. The average Bonchev–Trinajstić information content (AvgIpc) is 3.18. The van der Waals surface area contributed by atoms with E-state index in [9.17, 15) is 24.3 Å². The van der Waals surface area contributed by atoms with Crippen molar-refractivity contribution in [3.05, 3.63) is 127 Å². The van der Waals surface area contributed by atoms with E-state index in [-0.39, 0.29) is 50.9 Å². The van der Waals surface area contributed by atoms with Gasteiger partial charge in [-0.1, -0.05) is 84.9 Å². The summed E-state index contributed by atoms with van der Waals surface area (Å²) in [5, 5.41) is 18.6. The fraction of sp³-hybridized carbons (Fsp3) is 0.381. The second-order valence-corrected chi connectivity index (χ2v) is 12.7. The molecular formula is C42H53N3O8. The Balaban J connectivity index is 1.48. The second-order valence-electron chi connectivity index (χ2n) is 12.7. The van der Waals surface area contributed by atoms with E-state index >= 15 is 0 Å². The molecule has 11 nitrogen and oxygen atoms in total. The molecule has 0 fully saturated rings. The minimum absolute atomic E-state index is 0.0378. The summed E-state index contributed by atoms with van der Waals surface area (Å²) in [4.78, 5) is 50.9. The van der Waals surface area contributed by atoms with Crippen LogP contribution in [0.4, 0.5) is 4.79 Å². The van der Waals surface area contributed by atoms with Gasteiger partial charge in [0.15, 0.2) is 0 Å². The monoisotopic (exact) mass is 727 g/mol. The molecule has 3 atom stereocenters. The normalized spacial score (nSPS) is 12.3. The first-order valence-corrected chi connectivity index (χ1v) is 18.1. The lowest BCUT2D eigenvalue weighted by Crippen LogP contribution is -2.45. The number of hydrogen-bond acceptors (Lipinski definition) is 8. The van der Waals surface area contributed by atoms with Crippen LogP contribution in [0.2, 0.25) is 0 Å². The quantitative estimate of drug-likeness (QED) is 0.0474. The molecule has 0 saturated carbocycles. The van der Waals surface area contributed by atoms with Gasteiger partial charge in [-0.15, -0.1) is 13.2 Å². The number of nitrogens with one attached hydrogen (secondary N) is 3. The van der Waals surface area contributed by atoms with E-state index in [1.165, 1.54) is 0 Å². The number of esters is 1. The summed E-state index contributed by atoms with van der Waals surface area (Å²) in [7, 11) is 0. The highest BCUT2D eigenvalue weighted by molar-refractivity contribution is 5.86. The van der Waals surface area contributed by atoms with Crippen LogP contribution >= 0.6 is 0 Å². The number of aliphatic hydroxyl groups excluding tert-OH is 1. The number of amides is 3. The van der Waals surface area contributed by atoms with Gasteiger partial charge in [0, 0.05) is 19.4 Å². The zero-order valence-electron chi connectivity index (χ0n) is 30.4. The van der Waals surface area contributed by atoms with E-state index in [2.05, 4.69) is 29.1 Å². The Morgan fingerprint density at radius 2 is 1.43 bits per heavy atom. The molecule has 0 spiro atoms. The van der Waals surface area contributed by atoms with Crippen molar-refractivity contribution < 1.29 is 38.5 Å². The van der Waals surface area contributed by atoms with Crippen LogP contribution in [0.5, 0.6) is 5.75 Å². The summed E-state index contributed by atoms with van der Waals surface area (Å²) in [6, 6.07) is 25.6. The molecule has 284 valence electrons. The molecule has 0 aliphatic heterocycles. The maximum atomic E-state index is 13.5. The van der Waals surface area contributed by atoms with Gasteiger partial charge in [0.25, 0.3) is 0 Å². The Labute approximate surface area is 312 Å². The van der Waals surface area contributed by atoms with Crippen molar-refractivity contribution >= 4 is 23.9 Å². The molecule has 53 heavy (non-hydrogen) atoms. The van der Waals surface area contributed by atoms with E-state index in [4.69, 9.17) is 14.2 Å². The van der Waals surface area contributed by atoms with Gasteiger partial charge in [0.2, 0.25) is 11.8 Å². The van der Waals surface area contributed by atoms with Gasteiger partial charge in [-0.2, -0.15) is 0 Å². The lowest BCUT2D eigenvalue weighted by molar-refractivity contribution is -0.145. The van der Waals surface area contributed by atoms with Crippen LogP contribution in [0.25, 0.3) is 0 Å². The highest BCUT2D eigenvalue weighted by Crippen LogP contribution is 2.17. The first kappa shape index (κ1) is 42.0. The number of aliphatic hydroxyl groups is 1. The molecule has 3 rings (SSSR count). The average molecular weight is 728 g/mol. The van der Waals surface area contributed by atoms with Gasteiger partial charge in [0.1, 0.15) is 25.6 Å². The third kappa shape index (κ3) is 17.6. The van der Waals surface area contributed by atoms with E-state index in [0.29, 0.717) is 51.0 Å². The molecule has 4 N–H and O–H groups in total. The fourth-order valence-corrected chi connectivity index (χ4v) is 5.39. The first-order valence-electron chi connectivity index (χ1n) is 18.1. The van der Waals surface area contributed by atoms with Crippen molar-refractivity contribution in [3.8, 4) is 5.75 Å². The molecule has 3 aromatic rings. The number of carbonyl (C=O) groups excluding carboxylic acids is 4. The number of allylic oxidation sites excluding steroid dienone is 2. The molecule has 0 radical (unpaired) electrons. The summed E-state index contributed by atoms with van der Waals surface area (Å²) < 4.78 is 16.5. The predicted molar refractivity (Wildman–Crippen MR) is 204 cm³/mol. The van der Waals surface area contributed by atoms with Crippen molar-refractivity contribution in [2.24, 2.45) is 5.92 Å². The summed E-state index contributed by atoms with van der Waals surface area (Å²) in [6.45, 7) is 8.04. The maximum absolute atomic E-state index is 13.5. The van der Waals surface area contributed by atoms with E-state index in [1.54, 1.807) is 12.2 Å². The molecule has 3 amide bonds. The topological polar surface area (TPSA) is 152 Å².